The first kappa shape index (κ1) is 13.8. The van der Waals surface area contributed by atoms with Crippen LogP contribution in [0, 0.1) is 5.41 Å². The van der Waals surface area contributed by atoms with Gasteiger partial charge >= 0.3 is 0 Å². The maximum atomic E-state index is 12.9. The highest BCUT2D eigenvalue weighted by Gasteiger charge is 2.42. The second-order valence-corrected chi connectivity index (χ2v) is 5.70. The van der Waals surface area contributed by atoms with Crippen molar-refractivity contribution in [2.45, 2.75) is 45.6 Å². The van der Waals surface area contributed by atoms with E-state index in [0.29, 0.717) is 19.1 Å². The zero-order valence-electron chi connectivity index (χ0n) is 11.7. The third kappa shape index (κ3) is 2.69. The zero-order valence-corrected chi connectivity index (χ0v) is 11.7. The highest BCUT2D eigenvalue weighted by molar-refractivity contribution is 5.83. The fourth-order valence-electron chi connectivity index (χ4n) is 3.29. The average Bonchev–Trinajstić information content (AvgIpc) is 2.40. The Morgan fingerprint density at radius 1 is 1.44 bits per heavy atom. The number of rotatable bonds is 3. The largest absolute Gasteiger partial charge is 0.377 e. The number of morpholine rings is 1. The van der Waals surface area contributed by atoms with E-state index in [0.717, 1.165) is 45.3 Å². The third-order valence-electron chi connectivity index (χ3n) is 4.37. The predicted molar refractivity (Wildman–Crippen MR) is 71.4 cm³/mol. The molecule has 4 heteroatoms. The minimum Gasteiger partial charge on any atom is -0.377 e. The van der Waals surface area contributed by atoms with E-state index in [1.54, 1.807) is 0 Å². The van der Waals surface area contributed by atoms with Crippen molar-refractivity contribution in [2.75, 3.05) is 32.8 Å². The molecule has 0 aliphatic carbocycles. The van der Waals surface area contributed by atoms with Crippen molar-refractivity contribution in [1.82, 2.24) is 10.2 Å². The lowest BCUT2D eigenvalue weighted by Crippen LogP contribution is -2.55. The molecule has 0 radical (unpaired) electrons. The first-order valence-corrected chi connectivity index (χ1v) is 7.29. The summed E-state index contributed by atoms with van der Waals surface area (Å²) in [6, 6.07) is 0.231. The molecule has 2 aliphatic heterocycles. The van der Waals surface area contributed by atoms with Crippen LogP contribution >= 0.6 is 0 Å². The van der Waals surface area contributed by atoms with Crippen LogP contribution in [0.5, 0.6) is 0 Å². The number of nitrogens with one attached hydrogen (secondary N) is 1. The number of nitrogens with zero attached hydrogens (tertiary/aromatic N) is 1. The number of carbonyl (C=O) groups excluding carboxylic acids is 1. The minimum atomic E-state index is -0.106. The summed E-state index contributed by atoms with van der Waals surface area (Å²) in [7, 11) is 0. The molecule has 0 aromatic heterocycles. The summed E-state index contributed by atoms with van der Waals surface area (Å²) in [5, 5.41) is 3.37. The first-order chi connectivity index (χ1) is 8.69. The van der Waals surface area contributed by atoms with E-state index in [1.807, 2.05) is 0 Å². The van der Waals surface area contributed by atoms with Gasteiger partial charge in [-0.3, -0.25) is 4.79 Å². The van der Waals surface area contributed by atoms with E-state index < -0.39 is 0 Å². The van der Waals surface area contributed by atoms with Gasteiger partial charge in [0.15, 0.2) is 0 Å². The molecule has 2 aliphatic rings. The summed E-state index contributed by atoms with van der Waals surface area (Å²) in [4.78, 5) is 15.0. The Labute approximate surface area is 110 Å². The predicted octanol–water partition coefficient (Wildman–Crippen LogP) is 1.40. The van der Waals surface area contributed by atoms with Crippen LogP contribution in [0.4, 0.5) is 0 Å². The van der Waals surface area contributed by atoms with Crippen molar-refractivity contribution in [3.8, 4) is 0 Å². The van der Waals surface area contributed by atoms with Gasteiger partial charge in [0, 0.05) is 6.54 Å². The number of ether oxygens (including phenoxy) is 1. The molecule has 0 bridgehead atoms. The second-order valence-electron chi connectivity index (χ2n) is 5.70. The maximum Gasteiger partial charge on any atom is 0.229 e. The Balaban J connectivity index is 2.11. The Morgan fingerprint density at radius 2 is 2.17 bits per heavy atom. The van der Waals surface area contributed by atoms with Gasteiger partial charge in [0.05, 0.1) is 24.7 Å². The lowest BCUT2D eigenvalue weighted by atomic mass is 9.74. The lowest BCUT2D eigenvalue weighted by molar-refractivity contribution is -0.152. The molecule has 0 unspecified atom stereocenters. The molecule has 2 rings (SSSR count). The van der Waals surface area contributed by atoms with Crippen molar-refractivity contribution < 1.29 is 9.53 Å². The van der Waals surface area contributed by atoms with Crippen LogP contribution in [0.2, 0.25) is 0 Å². The van der Waals surface area contributed by atoms with Gasteiger partial charge in [-0.1, -0.05) is 13.3 Å². The van der Waals surface area contributed by atoms with E-state index in [4.69, 9.17) is 4.74 Å². The molecule has 2 heterocycles. The molecular weight excluding hydrogens is 228 g/mol. The molecule has 4 nitrogen and oxygen atoms in total. The fraction of sp³-hybridized carbons (Fsp3) is 0.929. The van der Waals surface area contributed by atoms with Crippen molar-refractivity contribution in [3.05, 3.63) is 0 Å². The second kappa shape index (κ2) is 6.02. The number of piperidine rings is 1. The lowest BCUT2D eigenvalue weighted by Gasteiger charge is -2.43. The van der Waals surface area contributed by atoms with Gasteiger partial charge in [0.2, 0.25) is 5.91 Å². The van der Waals surface area contributed by atoms with Crippen LogP contribution in [-0.4, -0.2) is 49.7 Å². The standard InChI is InChI=1S/C14H26N2O2/c1-3-4-14(5-7-15-8-6-14)13(17)16-9-10-18-11-12(16)2/h12,15H,3-11H2,1-2H3/t12-/m1/s1. The summed E-state index contributed by atoms with van der Waals surface area (Å²) < 4.78 is 5.44. The highest BCUT2D eigenvalue weighted by Crippen LogP contribution is 2.36. The van der Waals surface area contributed by atoms with Crippen molar-refractivity contribution >= 4 is 5.91 Å². The van der Waals surface area contributed by atoms with Gasteiger partial charge < -0.3 is 15.0 Å². The zero-order chi connectivity index (χ0) is 13.0. The molecule has 2 saturated heterocycles. The summed E-state index contributed by atoms with van der Waals surface area (Å²) in [5.41, 5.74) is -0.106. The normalized spacial score (nSPS) is 28.1. The molecule has 1 atom stereocenters. The van der Waals surface area contributed by atoms with Crippen molar-refractivity contribution in [2.24, 2.45) is 5.41 Å². The van der Waals surface area contributed by atoms with E-state index in [2.05, 4.69) is 24.1 Å². The molecule has 0 saturated carbocycles. The molecule has 2 fully saturated rings. The molecule has 0 aromatic rings. The van der Waals surface area contributed by atoms with Gasteiger partial charge in [-0.15, -0.1) is 0 Å². The smallest absolute Gasteiger partial charge is 0.229 e. The van der Waals surface area contributed by atoms with Crippen LogP contribution < -0.4 is 5.32 Å². The van der Waals surface area contributed by atoms with Gasteiger partial charge in [0.1, 0.15) is 0 Å². The number of amides is 1. The Hall–Kier alpha value is -0.610. The van der Waals surface area contributed by atoms with Crippen molar-refractivity contribution in [3.63, 3.8) is 0 Å². The highest BCUT2D eigenvalue weighted by atomic mass is 16.5. The quantitative estimate of drug-likeness (QED) is 0.828. The topological polar surface area (TPSA) is 41.6 Å². The summed E-state index contributed by atoms with van der Waals surface area (Å²) >= 11 is 0. The van der Waals surface area contributed by atoms with Gasteiger partial charge in [-0.05, 0) is 39.3 Å². The number of hydrogen-bond donors (Lipinski definition) is 1. The SMILES string of the molecule is CCCC1(C(=O)N2CCOC[C@H]2C)CCNCC1. The summed E-state index contributed by atoms with van der Waals surface area (Å²) in [6.45, 7) is 8.37. The molecule has 0 spiro atoms. The van der Waals surface area contributed by atoms with E-state index >= 15 is 0 Å². The van der Waals surface area contributed by atoms with Crippen molar-refractivity contribution in [1.29, 1.82) is 0 Å². The molecule has 0 aromatic carbocycles. The molecule has 1 amide bonds. The average molecular weight is 254 g/mol. The van der Waals surface area contributed by atoms with Crippen LogP contribution in [-0.2, 0) is 9.53 Å². The van der Waals surface area contributed by atoms with Gasteiger partial charge in [0.25, 0.3) is 0 Å². The van der Waals surface area contributed by atoms with E-state index in [9.17, 15) is 4.79 Å². The Kier molecular flexibility index (Phi) is 4.62. The Bertz CT molecular complexity index is 282. The first-order valence-electron chi connectivity index (χ1n) is 7.29. The summed E-state index contributed by atoms with van der Waals surface area (Å²) in [6.07, 6.45) is 4.09. The third-order valence-corrected chi connectivity index (χ3v) is 4.37. The molecular formula is C14H26N2O2. The van der Waals surface area contributed by atoms with Gasteiger partial charge in [-0.25, -0.2) is 0 Å². The van der Waals surface area contributed by atoms with E-state index in [1.165, 1.54) is 0 Å². The van der Waals surface area contributed by atoms with E-state index in [-0.39, 0.29) is 11.5 Å². The van der Waals surface area contributed by atoms with Gasteiger partial charge in [-0.2, -0.15) is 0 Å². The minimum absolute atomic E-state index is 0.106. The monoisotopic (exact) mass is 254 g/mol. The van der Waals surface area contributed by atoms with Crippen LogP contribution in [0.3, 0.4) is 0 Å². The van der Waals surface area contributed by atoms with Crippen LogP contribution in [0.15, 0.2) is 0 Å². The van der Waals surface area contributed by atoms with Crippen LogP contribution in [0.1, 0.15) is 39.5 Å². The molecule has 18 heavy (non-hydrogen) atoms. The van der Waals surface area contributed by atoms with Crippen LogP contribution in [0.25, 0.3) is 0 Å². The molecule has 1 N–H and O–H groups in total. The Morgan fingerprint density at radius 3 is 2.78 bits per heavy atom. The number of hydrogen-bond acceptors (Lipinski definition) is 3. The summed E-state index contributed by atoms with van der Waals surface area (Å²) in [5.74, 6) is 0.377. The maximum absolute atomic E-state index is 12.9. The fourth-order valence-corrected chi connectivity index (χ4v) is 3.29. The molecule has 104 valence electrons. The number of carbonyl (C=O) groups is 1.